The molecule has 1 aliphatic heterocycles. The third kappa shape index (κ3) is 3.69. The Bertz CT molecular complexity index is 967. The summed E-state index contributed by atoms with van der Waals surface area (Å²) in [6, 6.07) is 12.3. The molecule has 4 rings (SSSR count). The molecule has 5 nitrogen and oxygen atoms in total. The summed E-state index contributed by atoms with van der Waals surface area (Å²) < 4.78 is 5.65. The first kappa shape index (κ1) is 19.4. The summed E-state index contributed by atoms with van der Waals surface area (Å²) in [6.45, 7) is 3.94. The monoisotopic (exact) mass is 391 g/mol. The van der Waals surface area contributed by atoms with E-state index in [4.69, 9.17) is 4.74 Å². The van der Waals surface area contributed by atoms with E-state index in [0.29, 0.717) is 25.0 Å². The number of fused-ring (bicyclic) bond motifs is 2. The lowest BCUT2D eigenvalue weighted by Gasteiger charge is -2.26. The van der Waals surface area contributed by atoms with Gasteiger partial charge in [0.25, 0.3) is 0 Å². The molecule has 3 atom stereocenters. The van der Waals surface area contributed by atoms with Crippen LogP contribution in [0.5, 0.6) is 5.75 Å². The first-order valence-electron chi connectivity index (χ1n) is 10.2. The molecule has 0 aromatic heterocycles. The number of nitrogens with zero attached hydrogens (tertiary/aromatic N) is 1. The lowest BCUT2D eigenvalue weighted by atomic mass is 9.85. The van der Waals surface area contributed by atoms with E-state index in [1.54, 1.807) is 12.1 Å². The highest BCUT2D eigenvalue weighted by atomic mass is 16.5. The molecule has 0 spiro atoms. The molecule has 2 aromatic carbocycles. The molecule has 2 aromatic rings. The van der Waals surface area contributed by atoms with Crippen LogP contribution in [-0.2, 0) is 14.4 Å². The minimum absolute atomic E-state index is 0.130. The predicted molar refractivity (Wildman–Crippen MR) is 110 cm³/mol. The van der Waals surface area contributed by atoms with Gasteiger partial charge < -0.3 is 4.74 Å². The molecule has 1 saturated heterocycles. The Balaban J connectivity index is 1.59. The van der Waals surface area contributed by atoms with Crippen molar-refractivity contribution < 1.29 is 19.1 Å². The first-order valence-corrected chi connectivity index (χ1v) is 10.2. The van der Waals surface area contributed by atoms with Crippen LogP contribution in [-0.4, -0.2) is 28.7 Å². The van der Waals surface area contributed by atoms with Gasteiger partial charge in [-0.1, -0.05) is 56.3 Å². The van der Waals surface area contributed by atoms with E-state index in [1.165, 1.54) is 4.90 Å². The largest absolute Gasteiger partial charge is 0.425 e. The van der Waals surface area contributed by atoms with E-state index < -0.39 is 12.0 Å². The number of ether oxygens (including phenoxy) is 1. The van der Waals surface area contributed by atoms with Gasteiger partial charge in [-0.2, -0.15) is 0 Å². The molecule has 2 aliphatic rings. The topological polar surface area (TPSA) is 63.7 Å². The zero-order valence-corrected chi connectivity index (χ0v) is 16.7. The van der Waals surface area contributed by atoms with Crippen molar-refractivity contribution in [1.29, 1.82) is 0 Å². The standard InChI is InChI=1S/C24H25NO4/c1-15(2)13-21(25-22(26)19-9-5-6-10-20(19)23(25)27)24(28)29-18-12-11-16-7-3-4-8-17(16)14-18/h3-8,11-12,14-15,19-21H,9-10,13H2,1-2H3. The Morgan fingerprint density at radius 2 is 1.62 bits per heavy atom. The fraction of sp³-hybridized carbons (Fsp3) is 0.375. The van der Waals surface area contributed by atoms with E-state index >= 15 is 0 Å². The number of benzene rings is 2. The Labute approximate surface area is 170 Å². The second kappa shape index (κ2) is 7.82. The van der Waals surface area contributed by atoms with Crippen molar-refractivity contribution in [3.05, 3.63) is 54.6 Å². The van der Waals surface area contributed by atoms with Gasteiger partial charge >= 0.3 is 5.97 Å². The van der Waals surface area contributed by atoms with Crippen LogP contribution in [0.25, 0.3) is 10.8 Å². The summed E-state index contributed by atoms with van der Waals surface area (Å²) >= 11 is 0. The van der Waals surface area contributed by atoms with Crippen molar-refractivity contribution >= 4 is 28.6 Å². The van der Waals surface area contributed by atoms with Gasteiger partial charge in [0.1, 0.15) is 11.8 Å². The SMILES string of the molecule is CC(C)CC(C(=O)Oc1ccc2ccccc2c1)N1C(=O)C2CC=CCC2C1=O. The number of rotatable bonds is 5. The van der Waals surface area contributed by atoms with E-state index in [2.05, 4.69) is 0 Å². The number of hydrogen-bond donors (Lipinski definition) is 0. The maximum absolute atomic E-state index is 13.1. The minimum Gasteiger partial charge on any atom is -0.425 e. The van der Waals surface area contributed by atoms with Crippen LogP contribution in [0.15, 0.2) is 54.6 Å². The number of allylic oxidation sites excluding steroid dienone is 2. The minimum atomic E-state index is -0.896. The highest BCUT2D eigenvalue weighted by molar-refractivity contribution is 6.08. The molecule has 1 heterocycles. The number of carbonyl (C=O) groups is 3. The van der Waals surface area contributed by atoms with Crippen LogP contribution in [0, 0.1) is 17.8 Å². The third-order valence-electron chi connectivity index (χ3n) is 5.76. The quantitative estimate of drug-likeness (QED) is 0.333. The van der Waals surface area contributed by atoms with Crippen molar-refractivity contribution in [2.75, 3.05) is 0 Å². The summed E-state index contributed by atoms with van der Waals surface area (Å²) in [5.41, 5.74) is 0. The molecule has 0 N–H and O–H groups in total. The fourth-order valence-electron chi connectivity index (χ4n) is 4.30. The number of amides is 2. The number of imide groups is 1. The molecule has 1 aliphatic carbocycles. The van der Waals surface area contributed by atoms with Gasteiger partial charge in [-0.3, -0.25) is 14.5 Å². The van der Waals surface area contributed by atoms with Crippen molar-refractivity contribution in [3.8, 4) is 5.75 Å². The Hall–Kier alpha value is -2.95. The molecule has 29 heavy (non-hydrogen) atoms. The van der Waals surface area contributed by atoms with Crippen LogP contribution in [0.3, 0.4) is 0 Å². The molecule has 0 radical (unpaired) electrons. The van der Waals surface area contributed by atoms with Crippen molar-refractivity contribution in [1.82, 2.24) is 4.90 Å². The molecule has 3 unspecified atom stereocenters. The summed E-state index contributed by atoms with van der Waals surface area (Å²) in [6.07, 6.45) is 5.39. The molecule has 2 amide bonds. The average molecular weight is 391 g/mol. The molecule has 5 heteroatoms. The molecule has 1 fully saturated rings. The summed E-state index contributed by atoms with van der Waals surface area (Å²) in [5, 5.41) is 2.01. The van der Waals surface area contributed by atoms with E-state index in [1.807, 2.05) is 56.3 Å². The average Bonchev–Trinajstić information content (AvgIpc) is 2.96. The normalized spacial score (nSPS) is 22.2. The highest BCUT2D eigenvalue weighted by Gasteiger charge is 2.51. The maximum atomic E-state index is 13.1. The second-order valence-corrected chi connectivity index (χ2v) is 8.28. The molecule has 0 bridgehead atoms. The zero-order valence-electron chi connectivity index (χ0n) is 16.7. The van der Waals surface area contributed by atoms with E-state index in [9.17, 15) is 14.4 Å². The van der Waals surface area contributed by atoms with Crippen molar-refractivity contribution in [2.45, 2.75) is 39.2 Å². The van der Waals surface area contributed by atoms with Crippen LogP contribution >= 0.6 is 0 Å². The van der Waals surface area contributed by atoms with Gasteiger partial charge in [-0.05, 0) is 48.1 Å². The molecular weight excluding hydrogens is 366 g/mol. The van der Waals surface area contributed by atoms with E-state index in [0.717, 1.165) is 10.8 Å². The Morgan fingerprint density at radius 1 is 1.00 bits per heavy atom. The number of hydrogen-bond acceptors (Lipinski definition) is 4. The maximum Gasteiger partial charge on any atom is 0.334 e. The van der Waals surface area contributed by atoms with Crippen molar-refractivity contribution in [2.24, 2.45) is 17.8 Å². The zero-order chi connectivity index (χ0) is 20.5. The number of likely N-dealkylation sites (tertiary alicyclic amines) is 1. The molecular formula is C24H25NO4. The second-order valence-electron chi connectivity index (χ2n) is 8.28. The van der Waals surface area contributed by atoms with Crippen LogP contribution in [0.1, 0.15) is 33.1 Å². The number of esters is 1. The van der Waals surface area contributed by atoms with Crippen LogP contribution in [0.2, 0.25) is 0 Å². The van der Waals surface area contributed by atoms with Gasteiger partial charge in [0, 0.05) is 0 Å². The first-order chi connectivity index (χ1) is 14.0. The smallest absolute Gasteiger partial charge is 0.334 e. The summed E-state index contributed by atoms with van der Waals surface area (Å²) in [5.74, 6) is -1.20. The Kier molecular flexibility index (Phi) is 5.22. The van der Waals surface area contributed by atoms with Gasteiger partial charge in [-0.15, -0.1) is 0 Å². The summed E-state index contributed by atoms with van der Waals surface area (Å²) in [4.78, 5) is 40.2. The fourth-order valence-corrected chi connectivity index (χ4v) is 4.30. The lowest BCUT2D eigenvalue weighted by molar-refractivity contribution is -0.154. The van der Waals surface area contributed by atoms with Gasteiger partial charge in [-0.25, -0.2) is 4.79 Å². The van der Waals surface area contributed by atoms with Crippen LogP contribution in [0.4, 0.5) is 0 Å². The van der Waals surface area contributed by atoms with Gasteiger partial charge in [0.05, 0.1) is 11.8 Å². The third-order valence-corrected chi connectivity index (χ3v) is 5.76. The lowest BCUT2D eigenvalue weighted by Crippen LogP contribution is -2.48. The van der Waals surface area contributed by atoms with Gasteiger partial charge in [0.15, 0.2) is 0 Å². The molecule has 150 valence electrons. The molecule has 0 saturated carbocycles. The number of carbonyl (C=O) groups excluding carboxylic acids is 3. The van der Waals surface area contributed by atoms with Crippen LogP contribution < -0.4 is 4.74 Å². The Morgan fingerprint density at radius 3 is 2.24 bits per heavy atom. The highest BCUT2D eigenvalue weighted by Crippen LogP contribution is 2.37. The summed E-state index contributed by atoms with van der Waals surface area (Å²) in [7, 11) is 0. The van der Waals surface area contributed by atoms with Gasteiger partial charge in [0.2, 0.25) is 11.8 Å². The van der Waals surface area contributed by atoms with E-state index in [-0.39, 0.29) is 29.6 Å². The van der Waals surface area contributed by atoms with Crippen molar-refractivity contribution in [3.63, 3.8) is 0 Å². The predicted octanol–water partition coefficient (Wildman–Crippen LogP) is 4.11.